The fourth-order valence-electron chi connectivity index (χ4n) is 3.00. The summed E-state index contributed by atoms with van der Waals surface area (Å²) < 4.78 is 16.6. The minimum atomic E-state index is -0.628. The number of rotatable bonds is 5. The van der Waals surface area contributed by atoms with E-state index in [0.29, 0.717) is 6.42 Å². The highest BCUT2D eigenvalue weighted by Crippen LogP contribution is 2.51. The second-order valence-corrected chi connectivity index (χ2v) is 4.66. The maximum atomic E-state index is 11.5. The third-order valence-electron chi connectivity index (χ3n) is 3.79. The molecule has 0 heterocycles. The van der Waals surface area contributed by atoms with Crippen molar-refractivity contribution in [3.05, 3.63) is 12.2 Å². The zero-order valence-electron chi connectivity index (χ0n) is 10.6. The van der Waals surface area contributed by atoms with Crippen LogP contribution in [-0.2, 0) is 19.0 Å². The van der Waals surface area contributed by atoms with Gasteiger partial charge in [-0.3, -0.25) is 4.79 Å². The highest BCUT2D eigenvalue weighted by Gasteiger charge is 2.59. The van der Waals surface area contributed by atoms with Crippen molar-refractivity contribution in [3.63, 3.8) is 0 Å². The largest absolute Gasteiger partial charge is 0.461 e. The van der Waals surface area contributed by atoms with Crippen LogP contribution < -0.4 is 0 Å². The van der Waals surface area contributed by atoms with Crippen LogP contribution in [0.2, 0.25) is 0 Å². The molecule has 96 valence electrons. The van der Waals surface area contributed by atoms with Crippen LogP contribution in [0.5, 0.6) is 0 Å². The molecular weight excluding hydrogens is 220 g/mol. The monoisotopic (exact) mass is 240 g/mol. The lowest BCUT2D eigenvalue weighted by Gasteiger charge is -2.31. The molecule has 0 N–H and O–H groups in total. The maximum absolute atomic E-state index is 11.5. The first-order chi connectivity index (χ1) is 8.17. The highest BCUT2D eigenvalue weighted by molar-refractivity contribution is 5.69. The number of ether oxygens (including phenoxy) is 3. The number of carbonyl (C=O) groups is 1. The molecule has 0 amide bonds. The molecule has 0 unspecified atom stereocenters. The lowest BCUT2D eigenvalue weighted by atomic mass is 10.0. The van der Waals surface area contributed by atoms with E-state index in [1.165, 1.54) is 0 Å². The van der Waals surface area contributed by atoms with Gasteiger partial charge in [0.15, 0.2) is 5.79 Å². The average Bonchev–Trinajstić information content (AvgIpc) is 2.81. The summed E-state index contributed by atoms with van der Waals surface area (Å²) in [5, 5.41) is 0. The Morgan fingerprint density at radius 1 is 1.35 bits per heavy atom. The van der Waals surface area contributed by atoms with Crippen LogP contribution in [0, 0.1) is 11.8 Å². The Kier molecular flexibility index (Phi) is 3.54. The number of methoxy groups -OCH3 is 2. The van der Waals surface area contributed by atoms with Gasteiger partial charge in [-0.1, -0.05) is 19.1 Å². The van der Waals surface area contributed by atoms with E-state index in [-0.39, 0.29) is 23.9 Å². The number of hydrogen-bond donors (Lipinski definition) is 0. The van der Waals surface area contributed by atoms with Crippen LogP contribution >= 0.6 is 0 Å². The molecule has 2 aliphatic carbocycles. The standard InChI is InChI=1S/C13H20O4/c1-4-5-12(14)17-11-8-9-6-7-10(11)13(9,15-2)16-3/h6-7,9-11H,4-5,8H2,1-3H3/t9-,10+,11+/m1/s1. The van der Waals surface area contributed by atoms with Crippen LogP contribution in [0.4, 0.5) is 0 Å². The maximum Gasteiger partial charge on any atom is 0.306 e. The summed E-state index contributed by atoms with van der Waals surface area (Å²) >= 11 is 0. The van der Waals surface area contributed by atoms with Gasteiger partial charge < -0.3 is 14.2 Å². The predicted molar refractivity (Wildman–Crippen MR) is 62.3 cm³/mol. The summed E-state index contributed by atoms with van der Waals surface area (Å²) in [6, 6.07) is 0. The lowest BCUT2D eigenvalue weighted by molar-refractivity contribution is -0.235. The lowest BCUT2D eigenvalue weighted by Crippen LogP contribution is -2.41. The summed E-state index contributed by atoms with van der Waals surface area (Å²) in [7, 11) is 3.29. The Hall–Kier alpha value is -0.870. The molecule has 3 atom stereocenters. The van der Waals surface area contributed by atoms with Crippen molar-refractivity contribution >= 4 is 5.97 Å². The Morgan fingerprint density at radius 3 is 2.59 bits per heavy atom. The van der Waals surface area contributed by atoms with E-state index in [1.807, 2.05) is 13.0 Å². The second-order valence-electron chi connectivity index (χ2n) is 4.66. The van der Waals surface area contributed by atoms with Crippen LogP contribution in [0.1, 0.15) is 26.2 Å². The molecule has 2 bridgehead atoms. The molecule has 0 spiro atoms. The minimum absolute atomic E-state index is 0.0170. The van der Waals surface area contributed by atoms with Gasteiger partial charge in [0.05, 0.1) is 5.92 Å². The first kappa shape index (κ1) is 12.6. The molecule has 1 fully saturated rings. The first-order valence-electron chi connectivity index (χ1n) is 6.16. The van der Waals surface area contributed by atoms with E-state index in [2.05, 4.69) is 6.08 Å². The summed E-state index contributed by atoms with van der Waals surface area (Å²) in [5.74, 6) is -0.554. The Balaban J connectivity index is 2.05. The van der Waals surface area contributed by atoms with E-state index >= 15 is 0 Å². The third-order valence-corrected chi connectivity index (χ3v) is 3.79. The first-order valence-corrected chi connectivity index (χ1v) is 6.16. The van der Waals surface area contributed by atoms with Crippen molar-refractivity contribution in [3.8, 4) is 0 Å². The van der Waals surface area contributed by atoms with Gasteiger partial charge in [0, 0.05) is 26.6 Å². The number of hydrogen-bond acceptors (Lipinski definition) is 4. The number of esters is 1. The Bertz CT molecular complexity index is 319. The van der Waals surface area contributed by atoms with Crippen molar-refractivity contribution in [2.24, 2.45) is 11.8 Å². The zero-order chi connectivity index (χ0) is 12.5. The van der Waals surface area contributed by atoms with Gasteiger partial charge >= 0.3 is 5.97 Å². The van der Waals surface area contributed by atoms with E-state index in [1.54, 1.807) is 14.2 Å². The molecule has 0 radical (unpaired) electrons. The summed E-state index contributed by atoms with van der Waals surface area (Å²) in [5.41, 5.74) is 0. The quantitative estimate of drug-likeness (QED) is 0.418. The van der Waals surface area contributed by atoms with Crippen molar-refractivity contribution in [1.82, 2.24) is 0 Å². The molecule has 2 rings (SSSR count). The average molecular weight is 240 g/mol. The molecule has 0 aliphatic heterocycles. The molecule has 0 aromatic carbocycles. The van der Waals surface area contributed by atoms with Crippen LogP contribution in [0.3, 0.4) is 0 Å². The van der Waals surface area contributed by atoms with Gasteiger partial charge in [-0.2, -0.15) is 0 Å². The van der Waals surface area contributed by atoms with Crippen LogP contribution in [0.15, 0.2) is 12.2 Å². The fraction of sp³-hybridized carbons (Fsp3) is 0.769. The van der Waals surface area contributed by atoms with Crippen molar-refractivity contribution in [2.45, 2.75) is 38.1 Å². The molecule has 0 saturated heterocycles. The molecule has 4 heteroatoms. The van der Waals surface area contributed by atoms with E-state index in [9.17, 15) is 4.79 Å². The normalized spacial score (nSPS) is 33.0. The van der Waals surface area contributed by atoms with Crippen LogP contribution in [-0.4, -0.2) is 32.1 Å². The summed E-state index contributed by atoms with van der Waals surface area (Å²) in [6.07, 6.45) is 6.12. The Labute approximate surface area is 102 Å². The zero-order valence-corrected chi connectivity index (χ0v) is 10.6. The SMILES string of the molecule is CCCC(=O)O[C@H]1C[C@H]2C=C[C@@H]1C2(OC)OC. The van der Waals surface area contributed by atoms with Crippen molar-refractivity contribution in [1.29, 1.82) is 0 Å². The van der Waals surface area contributed by atoms with Gasteiger partial charge in [-0.15, -0.1) is 0 Å². The molecule has 4 nitrogen and oxygen atoms in total. The highest BCUT2D eigenvalue weighted by atomic mass is 16.7. The van der Waals surface area contributed by atoms with E-state index in [4.69, 9.17) is 14.2 Å². The summed E-state index contributed by atoms with van der Waals surface area (Å²) in [6.45, 7) is 1.97. The molecule has 0 aromatic heterocycles. The van der Waals surface area contributed by atoms with Crippen molar-refractivity contribution in [2.75, 3.05) is 14.2 Å². The fourth-order valence-corrected chi connectivity index (χ4v) is 3.00. The molecule has 0 aromatic rings. The predicted octanol–water partition coefficient (Wildman–Crippen LogP) is 1.89. The summed E-state index contributed by atoms with van der Waals surface area (Å²) in [4.78, 5) is 11.5. The third kappa shape index (κ3) is 1.89. The van der Waals surface area contributed by atoms with E-state index < -0.39 is 5.79 Å². The van der Waals surface area contributed by atoms with Gasteiger partial charge in [0.1, 0.15) is 6.10 Å². The number of fused-ring (bicyclic) bond motifs is 2. The van der Waals surface area contributed by atoms with Crippen molar-refractivity contribution < 1.29 is 19.0 Å². The van der Waals surface area contributed by atoms with Gasteiger partial charge in [-0.25, -0.2) is 0 Å². The van der Waals surface area contributed by atoms with E-state index in [0.717, 1.165) is 12.8 Å². The smallest absolute Gasteiger partial charge is 0.306 e. The molecule has 1 saturated carbocycles. The number of carbonyl (C=O) groups excluding carboxylic acids is 1. The van der Waals surface area contributed by atoms with Gasteiger partial charge in [0.25, 0.3) is 0 Å². The molecule has 2 aliphatic rings. The second kappa shape index (κ2) is 4.78. The topological polar surface area (TPSA) is 44.8 Å². The molecule has 17 heavy (non-hydrogen) atoms. The Morgan fingerprint density at radius 2 is 2.06 bits per heavy atom. The minimum Gasteiger partial charge on any atom is -0.461 e. The van der Waals surface area contributed by atoms with Crippen LogP contribution in [0.25, 0.3) is 0 Å². The molecular formula is C13H20O4. The van der Waals surface area contributed by atoms with Gasteiger partial charge in [0.2, 0.25) is 0 Å². The van der Waals surface area contributed by atoms with Gasteiger partial charge in [-0.05, 0) is 12.8 Å².